The van der Waals surface area contributed by atoms with Crippen LogP contribution in [-0.2, 0) is 0 Å². The Balaban J connectivity index is 3.66. The fourth-order valence-corrected chi connectivity index (χ4v) is 1.54. The van der Waals surface area contributed by atoms with Gasteiger partial charge < -0.3 is 15.7 Å². The molecule has 0 heterocycles. The fourth-order valence-electron chi connectivity index (χ4n) is 1.54. The maximum absolute atomic E-state index is 8.79. The molecule has 86 valence electrons. The van der Waals surface area contributed by atoms with Crippen LogP contribution in [0.2, 0.25) is 0 Å². The van der Waals surface area contributed by atoms with Gasteiger partial charge >= 0.3 is 0 Å². The van der Waals surface area contributed by atoms with Crippen molar-refractivity contribution in [3.05, 3.63) is 0 Å². The Bertz CT molecular complexity index is 139. The Morgan fingerprint density at radius 1 is 1.29 bits per heavy atom. The average Bonchev–Trinajstić information content (AvgIpc) is 2.12. The van der Waals surface area contributed by atoms with Crippen molar-refractivity contribution in [3.63, 3.8) is 0 Å². The predicted molar refractivity (Wildman–Crippen MR) is 61.2 cm³/mol. The highest BCUT2D eigenvalue weighted by molar-refractivity contribution is 4.68. The van der Waals surface area contributed by atoms with Crippen molar-refractivity contribution in [2.24, 2.45) is 11.7 Å². The van der Waals surface area contributed by atoms with Crippen LogP contribution in [0, 0.1) is 5.92 Å². The van der Waals surface area contributed by atoms with Gasteiger partial charge in [-0.05, 0) is 39.3 Å². The van der Waals surface area contributed by atoms with Crippen molar-refractivity contribution in [2.45, 2.75) is 45.7 Å². The van der Waals surface area contributed by atoms with Gasteiger partial charge in [0.1, 0.15) is 0 Å². The number of hydrogen-bond acceptors (Lipinski definition) is 3. The fraction of sp³-hybridized carbons (Fsp3) is 1.00. The summed E-state index contributed by atoms with van der Waals surface area (Å²) in [5, 5.41) is 8.79. The maximum atomic E-state index is 8.79. The van der Waals surface area contributed by atoms with Crippen LogP contribution in [0.1, 0.15) is 33.6 Å². The monoisotopic (exact) mass is 202 g/mol. The molecular formula is C11H26N2O. The van der Waals surface area contributed by atoms with E-state index in [-0.39, 0.29) is 12.6 Å². The largest absolute Gasteiger partial charge is 0.395 e. The third-order valence-electron chi connectivity index (χ3n) is 2.65. The van der Waals surface area contributed by atoms with E-state index in [0.29, 0.717) is 6.04 Å². The molecule has 0 aromatic heterocycles. The molecule has 0 saturated carbocycles. The number of aliphatic hydroxyl groups excluding tert-OH is 1. The normalized spacial score (nSPS) is 16.3. The van der Waals surface area contributed by atoms with Crippen molar-refractivity contribution in [2.75, 3.05) is 20.2 Å². The van der Waals surface area contributed by atoms with E-state index in [2.05, 4.69) is 32.7 Å². The minimum atomic E-state index is -0.0660. The van der Waals surface area contributed by atoms with Gasteiger partial charge in [-0.3, -0.25) is 0 Å². The minimum Gasteiger partial charge on any atom is -0.395 e. The number of rotatable bonds is 7. The Morgan fingerprint density at radius 2 is 1.86 bits per heavy atom. The first-order chi connectivity index (χ1) is 6.47. The lowest BCUT2D eigenvalue weighted by atomic mass is 10.0. The molecular weight excluding hydrogens is 176 g/mol. The van der Waals surface area contributed by atoms with Gasteiger partial charge in [0.15, 0.2) is 0 Å². The van der Waals surface area contributed by atoms with Crippen molar-refractivity contribution in [1.82, 2.24) is 4.90 Å². The van der Waals surface area contributed by atoms with Gasteiger partial charge in [-0.15, -0.1) is 0 Å². The van der Waals surface area contributed by atoms with E-state index in [1.165, 1.54) is 6.42 Å². The summed E-state index contributed by atoms with van der Waals surface area (Å²) in [6.07, 6.45) is 2.08. The SMILES string of the molecule is CC(C)CC(C)N(C)CCC(N)CO. The topological polar surface area (TPSA) is 49.5 Å². The molecule has 0 amide bonds. The molecule has 2 unspecified atom stereocenters. The number of nitrogens with two attached hydrogens (primary N) is 1. The molecule has 3 nitrogen and oxygen atoms in total. The van der Waals surface area contributed by atoms with Crippen molar-refractivity contribution >= 4 is 0 Å². The van der Waals surface area contributed by atoms with Crippen LogP contribution in [0.15, 0.2) is 0 Å². The van der Waals surface area contributed by atoms with Crippen LogP contribution in [0.25, 0.3) is 0 Å². The summed E-state index contributed by atoms with van der Waals surface area (Å²) in [4.78, 5) is 2.32. The summed E-state index contributed by atoms with van der Waals surface area (Å²) in [5.41, 5.74) is 5.65. The Hall–Kier alpha value is -0.120. The first-order valence-electron chi connectivity index (χ1n) is 5.54. The Kier molecular flexibility index (Phi) is 7.15. The lowest BCUT2D eigenvalue weighted by molar-refractivity contribution is 0.201. The van der Waals surface area contributed by atoms with Crippen LogP contribution in [0.3, 0.4) is 0 Å². The predicted octanol–water partition coefficient (Wildman–Crippen LogP) is 1.06. The molecule has 0 rings (SSSR count). The lowest BCUT2D eigenvalue weighted by Gasteiger charge is -2.26. The van der Waals surface area contributed by atoms with Gasteiger partial charge in [0.25, 0.3) is 0 Å². The zero-order valence-electron chi connectivity index (χ0n) is 10.0. The molecule has 0 aromatic carbocycles. The van der Waals surface area contributed by atoms with Gasteiger partial charge in [-0.25, -0.2) is 0 Å². The Morgan fingerprint density at radius 3 is 2.29 bits per heavy atom. The molecule has 2 atom stereocenters. The second-order valence-electron chi connectivity index (χ2n) is 4.69. The van der Waals surface area contributed by atoms with E-state index in [1.54, 1.807) is 0 Å². The summed E-state index contributed by atoms with van der Waals surface area (Å²) in [6.45, 7) is 7.78. The molecule has 0 aromatic rings. The standard InChI is InChI=1S/C11H26N2O/c1-9(2)7-10(3)13(4)6-5-11(12)8-14/h9-11,14H,5-8,12H2,1-4H3. The zero-order valence-corrected chi connectivity index (χ0v) is 10.0. The average molecular weight is 202 g/mol. The Labute approximate surface area is 88.3 Å². The van der Waals surface area contributed by atoms with E-state index in [9.17, 15) is 0 Å². The summed E-state index contributed by atoms with van der Waals surface area (Å²) >= 11 is 0. The molecule has 0 saturated heterocycles. The molecule has 0 bridgehead atoms. The van der Waals surface area contributed by atoms with Crippen LogP contribution in [0.4, 0.5) is 0 Å². The molecule has 0 aliphatic heterocycles. The quantitative estimate of drug-likeness (QED) is 0.649. The van der Waals surface area contributed by atoms with Crippen LogP contribution in [0.5, 0.6) is 0 Å². The van der Waals surface area contributed by atoms with E-state index in [0.717, 1.165) is 18.9 Å². The van der Waals surface area contributed by atoms with Crippen molar-refractivity contribution < 1.29 is 5.11 Å². The minimum absolute atomic E-state index is 0.0660. The summed E-state index contributed by atoms with van der Waals surface area (Å²) in [7, 11) is 2.12. The van der Waals surface area contributed by atoms with Crippen molar-refractivity contribution in [1.29, 1.82) is 0 Å². The first-order valence-corrected chi connectivity index (χ1v) is 5.54. The van der Waals surface area contributed by atoms with Crippen LogP contribution >= 0.6 is 0 Å². The zero-order chi connectivity index (χ0) is 11.1. The molecule has 14 heavy (non-hydrogen) atoms. The highest BCUT2D eigenvalue weighted by atomic mass is 16.3. The molecule has 3 N–H and O–H groups in total. The maximum Gasteiger partial charge on any atom is 0.0583 e. The van der Waals surface area contributed by atoms with E-state index in [1.807, 2.05) is 0 Å². The number of nitrogens with zero attached hydrogens (tertiary/aromatic N) is 1. The second-order valence-corrected chi connectivity index (χ2v) is 4.69. The van der Waals surface area contributed by atoms with Gasteiger partial charge in [0.2, 0.25) is 0 Å². The van der Waals surface area contributed by atoms with Crippen LogP contribution < -0.4 is 5.73 Å². The highest BCUT2D eigenvalue weighted by Gasteiger charge is 2.11. The van der Waals surface area contributed by atoms with Gasteiger partial charge in [0.05, 0.1) is 6.61 Å². The lowest BCUT2D eigenvalue weighted by Crippen LogP contribution is -2.35. The third kappa shape index (κ3) is 6.35. The first kappa shape index (κ1) is 13.9. The molecule has 0 radical (unpaired) electrons. The number of hydrogen-bond donors (Lipinski definition) is 2. The molecule has 0 aliphatic carbocycles. The van der Waals surface area contributed by atoms with Gasteiger partial charge in [0, 0.05) is 12.1 Å². The second kappa shape index (κ2) is 7.21. The van der Waals surface area contributed by atoms with Gasteiger partial charge in [-0.2, -0.15) is 0 Å². The summed E-state index contributed by atoms with van der Waals surface area (Å²) in [5.74, 6) is 0.735. The molecule has 0 aliphatic rings. The van der Waals surface area contributed by atoms with Crippen LogP contribution in [-0.4, -0.2) is 42.3 Å². The van der Waals surface area contributed by atoms with E-state index >= 15 is 0 Å². The highest BCUT2D eigenvalue weighted by Crippen LogP contribution is 2.09. The molecule has 3 heteroatoms. The van der Waals surface area contributed by atoms with Crippen molar-refractivity contribution in [3.8, 4) is 0 Å². The number of aliphatic hydroxyl groups is 1. The summed E-state index contributed by atoms with van der Waals surface area (Å²) in [6, 6.07) is 0.532. The smallest absolute Gasteiger partial charge is 0.0583 e. The van der Waals surface area contributed by atoms with Gasteiger partial charge in [-0.1, -0.05) is 13.8 Å². The van der Waals surface area contributed by atoms with E-state index in [4.69, 9.17) is 10.8 Å². The summed E-state index contributed by atoms with van der Waals surface area (Å²) < 4.78 is 0. The molecule has 0 fully saturated rings. The molecule has 0 spiro atoms. The van der Waals surface area contributed by atoms with E-state index < -0.39 is 0 Å². The third-order valence-corrected chi connectivity index (χ3v) is 2.65.